The van der Waals surface area contributed by atoms with Gasteiger partial charge in [-0.1, -0.05) is 26.2 Å². The molecule has 0 atom stereocenters. The molecule has 4 heteroatoms. The average molecular weight is 295 g/mol. The second kappa shape index (κ2) is 8.62. The Morgan fingerprint density at radius 1 is 1.19 bits per heavy atom. The summed E-state index contributed by atoms with van der Waals surface area (Å²) in [6, 6.07) is 0. The number of nitrogens with zero attached hydrogens (tertiary/aromatic N) is 2. The number of hydrogen-bond acceptors (Lipinski definition) is 2. The monoisotopic (exact) mass is 295 g/mol. The molecule has 2 fully saturated rings. The molecule has 0 bridgehead atoms. The Hall–Kier alpha value is -0.770. The Labute approximate surface area is 130 Å². The molecule has 0 amide bonds. The molecule has 0 aromatic carbocycles. The van der Waals surface area contributed by atoms with Gasteiger partial charge in [0, 0.05) is 39.9 Å². The molecule has 1 heterocycles. The van der Waals surface area contributed by atoms with E-state index in [2.05, 4.69) is 22.1 Å². The van der Waals surface area contributed by atoms with Crippen LogP contribution in [0.25, 0.3) is 0 Å². The molecular weight excluding hydrogens is 262 g/mol. The molecule has 0 aromatic rings. The van der Waals surface area contributed by atoms with E-state index in [0.29, 0.717) is 5.41 Å². The number of rotatable bonds is 7. The van der Waals surface area contributed by atoms with Gasteiger partial charge in [-0.25, -0.2) is 0 Å². The summed E-state index contributed by atoms with van der Waals surface area (Å²) in [5, 5.41) is 3.50. The molecule has 4 nitrogen and oxygen atoms in total. The van der Waals surface area contributed by atoms with Crippen LogP contribution < -0.4 is 5.32 Å². The van der Waals surface area contributed by atoms with Gasteiger partial charge >= 0.3 is 0 Å². The van der Waals surface area contributed by atoms with Crippen molar-refractivity contribution in [1.29, 1.82) is 0 Å². The third kappa shape index (κ3) is 4.87. The summed E-state index contributed by atoms with van der Waals surface area (Å²) in [4.78, 5) is 6.92. The van der Waals surface area contributed by atoms with Gasteiger partial charge in [0.2, 0.25) is 0 Å². The van der Waals surface area contributed by atoms with Crippen molar-refractivity contribution in [3.05, 3.63) is 0 Å². The van der Waals surface area contributed by atoms with Gasteiger partial charge in [0.05, 0.1) is 0 Å². The Balaban J connectivity index is 1.62. The zero-order chi connectivity index (χ0) is 15.0. The van der Waals surface area contributed by atoms with Gasteiger partial charge in [0.25, 0.3) is 0 Å². The molecule has 1 aliphatic heterocycles. The summed E-state index contributed by atoms with van der Waals surface area (Å²) in [7, 11) is 1.90. The van der Waals surface area contributed by atoms with E-state index < -0.39 is 0 Å². The lowest BCUT2D eigenvalue weighted by Gasteiger charge is -2.25. The largest absolute Gasteiger partial charge is 0.381 e. The quantitative estimate of drug-likeness (QED) is 0.445. The van der Waals surface area contributed by atoms with Gasteiger partial charge < -0.3 is 15.0 Å². The Kier molecular flexibility index (Phi) is 6.81. The van der Waals surface area contributed by atoms with Gasteiger partial charge in [0.1, 0.15) is 0 Å². The minimum absolute atomic E-state index is 0.612. The van der Waals surface area contributed by atoms with Crippen LogP contribution in [-0.4, -0.2) is 50.8 Å². The minimum atomic E-state index is 0.612. The van der Waals surface area contributed by atoms with E-state index in [4.69, 9.17) is 4.74 Å². The lowest BCUT2D eigenvalue weighted by Crippen LogP contribution is -2.41. The van der Waals surface area contributed by atoms with Crippen molar-refractivity contribution in [2.45, 2.75) is 58.3 Å². The van der Waals surface area contributed by atoms with E-state index in [1.807, 2.05) is 7.05 Å². The number of guanidine groups is 1. The van der Waals surface area contributed by atoms with Gasteiger partial charge in [-0.2, -0.15) is 0 Å². The third-order valence-corrected chi connectivity index (χ3v) is 5.00. The lowest BCUT2D eigenvalue weighted by atomic mass is 9.86. The van der Waals surface area contributed by atoms with Gasteiger partial charge in [-0.05, 0) is 37.5 Å². The first kappa shape index (κ1) is 16.6. The first-order valence-electron chi connectivity index (χ1n) is 8.83. The first-order chi connectivity index (χ1) is 10.3. The maximum atomic E-state index is 5.60. The predicted molar refractivity (Wildman–Crippen MR) is 88.8 cm³/mol. The summed E-state index contributed by atoms with van der Waals surface area (Å²) in [5.74, 6) is 1.09. The van der Waals surface area contributed by atoms with Crippen molar-refractivity contribution in [3.63, 3.8) is 0 Å². The topological polar surface area (TPSA) is 36.9 Å². The Morgan fingerprint density at radius 2 is 1.95 bits per heavy atom. The number of unbranched alkanes of at least 4 members (excludes halogenated alkanes) is 1. The third-order valence-electron chi connectivity index (χ3n) is 5.00. The van der Waals surface area contributed by atoms with Crippen LogP contribution in [0.3, 0.4) is 0 Å². The Bertz CT molecular complexity index is 324. The summed E-state index contributed by atoms with van der Waals surface area (Å²) >= 11 is 0. The van der Waals surface area contributed by atoms with Gasteiger partial charge in [-0.15, -0.1) is 0 Å². The van der Waals surface area contributed by atoms with Crippen LogP contribution in [0.4, 0.5) is 0 Å². The molecule has 0 radical (unpaired) electrons. The number of hydrogen-bond donors (Lipinski definition) is 1. The van der Waals surface area contributed by atoms with Crippen LogP contribution >= 0.6 is 0 Å². The normalized spacial score (nSPS) is 21.4. The van der Waals surface area contributed by atoms with Crippen molar-refractivity contribution in [2.24, 2.45) is 10.4 Å². The predicted octanol–water partition coefficient (Wildman–Crippen LogP) is 3.03. The molecule has 1 N–H and O–H groups in total. The molecule has 21 heavy (non-hydrogen) atoms. The maximum Gasteiger partial charge on any atom is 0.193 e. The first-order valence-corrected chi connectivity index (χ1v) is 8.83. The van der Waals surface area contributed by atoms with E-state index >= 15 is 0 Å². The highest BCUT2D eigenvalue weighted by Gasteiger charge is 2.40. The highest BCUT2D eigenvalue weighted by atomic mass is 16.5. The smallest absolute Gasteiger partial charge is 0.193 e. The van der Waals surface area contributed by atoms with Crippen LogP contribution in [0.15, 0.2) is 4.99 Å². The van der Waals surface area contributed by atoms with E-state index in [0.717, 1.165) is 32.1 Å². The molecule has 1 spiro atoms. The summed E-state index contributed by atoms with van der Waals surface area (Å²) < 4.78 is 5.60. The van der Waals surface area contributed by atoms with Crippen molar-refractivity contribution < 1.29 is 4.74 Å². The highest BCUT2D eigenvalue weighted by molar-refractivity contribution is 5.80. The van der Waals surface area contributed by atoms with Crippen LogP contribution in [0, 0.1) is 5.41 Å². The van der Waals surface area contributed by atoms with Gasteiger partial charge in [-0.3, -0.25) is 4.99 Å². The molecule has 2 rings (SSSR count). The highest BCUT2D eigenvalue weighted by Crippen LogP contribution is 2.45. The molecule has 2 aliphatic rings. The standard InChI is InChI=1S/C17H33N3O/c1-3-4-13-21-14-7-11-19-16(18-2)20-12-10-17(15-20)8-5-6-9-17/h3-15H2,1-2H3,(H,18,19). The molecule has 1 saturated heterocycles. The summed E-state index contributed by atoms with van der Waals surface area (Å²) in [6.07, 6.45) is 10.5. The zero-order valence-electron chi connectivity index (χ0n) is 14.0. The fourth-order valence-corrected chi connectivity index (χ4v) is 3.70. The van der Waals surface area contributed by atoms with Crippen molar-refractivity contribution in [1.82, 2.24) is 10.2 Å². The van der Waals surface area contributed by atoms with Crippen LogP contribution in [0.1, 0.15) is 58.3 Å². The lowest BCUT2D eigenvalue weighted by molar-refractivity contribution is 0.129. The summed E-state index contributed by atoms with van der Waals surface area (Å²) in [5.41, 5.74) is 0.612. The zero-order valence-corrected chi connectivity index (χ0v) is 14.0. The Morgan fingerprint density at radius 3 is 2.67 bits per heavy atom. The second-order valence-corrected chi connectivity index (χ2v) is 6.67. The molecule has 1 saturated carbocycles. The molecule has 0 aromatic heterocycles. The van der Waals surface area contributed by atoms with E-state index in [-0.39, 0.29) is 0 Å². The van der Waals surface area contributed by atoms with Crippen LogP contribution in [0.5, 0.6) is 0 Å². The van der Waals surface area contributed by atoms with Crippen molar-refractivity contribution in [2.75, 3.05) is 39.9 Å². The summed E-state index contributed by atoms with van der Waals surface area (Å²) in [6.45, 7) is 7.30. The number of likely N-dealkylation sites (tertiary alicyclic amines) is 1. The number of aliphatic imine (C=N–C) groups is 1. The fraction of sp³-hybridized carbons (Fsp3) is 0.941. The van der Waals surface area contributed by atoms with Crippen molar-refractivity contribution >= 4 is 5.96 Å². The van der Waals surface area contributed by atoms with Crippen LogP contribution in [0.2, 0.25) is 0 Å². The minimum Gasteiger partial charge on any atom is -0.381 e. The van der Waals surface area contributed by atoms with E-state index in [1.165, 1.54) is 58.0 Å². The maximum absolute atomic E-state index is 5.60. The second-order valence-electron chi connectivity index (χ2n) is 6.67. The number of ether oxygens (including phenoxy) is 1. The van der Waals surface area contributed by atoms with Crippen molar-refractivity contribution in [3.8, 4) is 0 Å². The molecular formula is C17H33N3O. The van der Waals surface area contributed by atoms with Gasteiger partial charge in [0.15, 0.2) is 5.96 Å². The van der Waals surface area contributed by atoms with Crippen LogP contribution in [-0.2, 0) is 4.74 Å². The average Bonchev–Trinajstić information content (AvgIpc) is 3.13. The molecule has 0 unspecified atom stereocenters. The fourth-order valence-electron chi connectivity index (χ4n) is 3.70. The number of nitrogens with one attached hydrogen (secondary N) is 1. The van der Waals surface area contributed by atoms with E-state index in [1.54, 1.807) is 0 Å². The SMILES string of the molecule is CCCCOCCCNC(=NC)N1CCC2(CCCC2)C1. The molecule has 122 valence electrons. The molecule has 1 aliphatic carbocycles. The van der Waals surface area contributed by atoms with E-state index in [9.17, 15) is 0 Å².